The zero-order valence-electron chi connectivity index (χ0n) is 11.1. The highest BCUT2D eigenvalue weighted by molar-refractivity contribution is 6.00. The molecule has 2 aliphatic rings. The highest BCUT2D eigenvalue weighted by atomic mass is 16.5. The Kier molecular flexibility index (Phi) is 3.53. The van der Waals surface area contributed by atoms with Crippen molar-refractivity contribution in [3.05, 3.63) is 29.8 Å². The van der Waals surface area contributed by atoms with Crippen LogP contribution < -0.4 is 10.1 Å². The van der Waals surface area contributed by atoms with E-state index in [4.69, 9.17) is 9.47 Å². The number of Topliss-reactive ketones (excluding diaryl/α,β-unsaturated/α-hetero) is 1. The van der Waals surface area contributed by atoms with Crippen molar-refractivity contribution < 1.29 is 14.3 Å². The minimum Gasteiger partial charge on any atom is -0.490 e. The highest BCUT2D eigenvalue weighted by Crippen LogP contribution is 2.27. The van der Waals surface area contributed by atoms with Crippen molar-refractivity contribution in [1.29, 1.82) is 0 Å². The predicted octanol–water partition coefficient (Wildman–Crippen LogP) is 1.79. The van der Waals surface area contributed by atoms with Crippen LogP contribution in [0.15, 0.2) is 24.3 Å². The molecule has 0 radical (unpaired) electrons. The smallest absolute Gasteiger partial charge is 0.179 e. The summed E-state index contributed by atoms with van der Waals surface area (Å²) in [6.45, 7) is 0.746. The molecule has 102 valence electrons. The Morgan fingerprint density at radius 2 is 1.95 bits per heavy atom. The Morgan fingerprint density at radius 3 is 2.53 bits per heavy atom. The van der Waals surface area contributed by atoms with E-state index in [2.05, 4.69) is 5.32 Å². The number of hydrogen-bond acceptors (Lipinski definition) is 4. The average molecular weight is 261 g/mol. The molecular formula is C15H19NO3. The zero-order valence-corrected chi connectivity index (χ0v) is 11.1. The minimum atomic E-state index is -0.125. The number of rotatable bonds is 5. The molecule has 2 atom stereocenters. The largest absolute Gasteiger partial charge is 0.490 e. The summed E-state index contributed by atoms with van der Waals surface area (Å²) in [6.07, 6.45) is 3.57. The highest BCUT2D eigenvalue weighted by Gasteiger charge is 2.30. The number of methoxy groups -OCH3 is 1. The van der Waals surface area contributed by atoms with Gasteiger partial charge in [0, 0.05) is 19.2 Å². The third kappa shape index (κ3) is 2.96. The maximum atomic E-state index is 12.3. The molecule has 1 N–H and O–H groups in total. The number of ketones is 1. The third-order valence-electron chi connectivity index (χ3n) is 3.71. The van der Waals surface area contributed by atoms with Crippen molar-refractivity contribution in [3.63, 3.8) is 0 Å². The number of ether oxygens (including phenoxy) is 2. The van der Waals surface area contributed by atoms with Crippen LogP contribution in [-0.4, -0.2) is 37.7 Å². The zero-order chi connectivity index (χ0) is 13.2. The van der Waals surface area contributed by atoms with Crippen LogP contribution in [0.4, 0.5) is 0 Å². The summed E-state index contributed by atoms with van der Waals surface area (Å²) in [5.74, 6) is 0.991. The maximum absolute atomic E-state index is 12.3. The van der Waals surface area contributed by atoms with Gasteiger partial charge in [0.05, 0.1) is 18.2 Å². The molecule has 0 bridgehead atoms. The monoisotopic (exact) mass is 261 g/mol. The summed E-state index contributed by atoms with van der Waals surface area (Å²) in [6, 6.07) is 7.34. The van der Waals surface area contributed by atoms with Gasteiger partial charge in [0.15, 0.2) is 5.78 Å². The fourth-order valence-electron chi connectivity index (χ4n) is 2.36. The third-order valence-corrected chi connectivity index (χ3v) is 3.71. The molecule has 0 amide bonds. The topological polar surface area (TPSA) is 47.6 Å². The van der Waals surface area contributed by atoms with Crippen LogP contribution in [0, 0.1) is 0 Å². The van der Waals surface area contributed by atoms with Gasteiger partial charge in [0.2, 0.25) is 0 Å². The van der Waals surface area contributed by atoms with Crippen LogP contribution in [0.3, 0.4) is 0 Å². The van der Waals surface area contributed by atoms with Crippen LogP contribution in [0.25, 0.3) is 0 Å². The molecule has 0 aromatic heterocycles. The first kappa shape index (κ1) is 12.6. The van der Waals surface area contributed by atoms with E-state index in [0.717, 1.165) is 37.1 Å². The SMILES string of the molecule is COC1CNC(C(=O)c2ccc(OC3CC3)cc2)C1. The van der Waals surface area contributed by atoms with Crippen molar-refractivity contribution in [2.24, 2.45) is 0 Å². The molecule has 1 heterocycles. The van der Waals surface area contributed by atoms with Crippen LogP contribution >= 0.6 is 0 Å². The lowest BCUT2D eigenvalue weighted by Crippen LogP contribution is -2.30. The van der Waals surface area contributed by atoms with Crippen LogP contribution in [0.1, 0.15) is 29.6 Å². The molecule has 4 heteroatoms. The molecule has 19 heavy (non-hydrogen) atoms. The number of hydrogen-bond donors (Lipinski definition) is 1. The lowest BCUT2D eigenvalue weighted by molar-refractivity contribution is 0.0919. The lowest BCUT2D eigenvalue weighted by atomic mass is 10.0. The molecule has 1 aromatic carbocycles. The molecule has 3 rings (SSSR count). The lowest BCUT2D eigenvalue weighted by Gasteiger charge is -2.10. The van der Waals surface area contributed by atoms with Gasteiger partial charge in [-0.05, 0) is 43.5 Å². The van der Waals surface area contributed by atoms with Gasteiger partial charge >= 0.3 is 0 Å². The quantitative estimate of drug-likeness (QED) is 0.821. The van der Waals surface area contributed by atoms with Crippen molar-refractivity contribution in [2.75, 3.05) is 13.7 Å². The van der Waals surface area contributed by atoms with E-state index < -0.39 is 0 Å². The van der Waals surface area contributed by atoms with Gasteiger partial charge in [-0.25, -0.2) is 0 Å². The first-order valence-corrected chi connectivity index (χ1v) is 6.83. The van der Waals surface area contributed by atoms with Gasteiger partial charge in [-0.3, -0.25) is 4.79 Å². The van der Waals surface area contributed by atoms with Gasteiger partial charge in [0.1, 0.15) is 5.75 Å². The standard InChI is InChI=1S/C15H19NO3/c1-18-13-8-14(16-9-13)15(17)10-2-4-11(5-3-10)19-12-6-7-12/h2-5,12-14,16H,6-9H2,1H3. The van der Waals surface area contributed by atoms with E-state index >= 15 is 0 Å². The predicted molar refractivity (Wildman–Crippen MR) is 71.6 cm³/mol. The second kappa shape index (κ2) is 5.31. The molecular weight excluding hydrogens is 242 g/mol. The number of nitrogens with one attached hydrogen (secondary N) is 1. The molecule has 4 nitrogen and oxygen atoms in total. The van der Waals surface area contributed by atoms with Crippen LogP contribution in [-0.2, 0) is 4.74 Å². The van der Waals surface area contributed by atoms with Crippen LogP contribution in [0.5, 0.6) is 5.75 Å². The normalized spacial score (nSPS) is 26.4. The summed E-state index contributed by atoms with van der Waals surface area (Å²) < 4.78 is 10.9. The molecule has 1 saturated carbocycles. The Labute approximate surface area is 113 Å². The summed E-state index contributed by atoms with van der Waals surface area (Å²) >= 11 is 0. The first-order valence-electron chi connectivity index (χ1n) is 6.83. The van der Waals surface area contributed by atoms with Gasteiger partial charge in [-0.2, -0.15) is 0 Å². The van der Waals surface area contributed by atoms with Crippen molar-refractivity contribution in [3.8, 4) is 5.75 Å². The van der Waals surface area contributed by atoms with Crippen molar-refractivity contribution in [1.82, 2.24) is 5.32 Å². The van der Waals surface area contributed by atoms with E-state index in [1.807, 2.05) is 24.3 Å². The van der Waals surface area contributed by atoms with E-state index in [-0.39, 0.29) is 17.9 Å². The molecule has 2 fully saturated rings. The minimum absolute atomic E-state index is 0.125. The second-order valence-electron chi connectivity index (χ2n) is 5.26. The summed E-state index contributed by atoms with van der Waals surface area (Å²) in [4.78, 5) is 12.3. The number of benzene rings is 1. The average Bonchev–Trinajstić information content (AvgIpc) is 3.12. The van der Waals surface area contributed by atoms with E-state index in [1.54, 1.807) is 7.11 Å². The maximum Gasteiger partial charge on any atom is 0.179 e. The van der Waals surface area contributed by atoms with Crippen LogP contribution in [0.2, 0.25) is 0 Å². The Bertz CT molecular complexity index is 453. The molecule has 1 aromatic rings. The fourth-order valence-corrected chi connectivity index (χ4v) is 2.36. The molecule has 2 unspecified atom stereocenters. The summed E-state index contributed by atoms with van der Waals surface area (Å²) in [5, 5.41) is 3.21. The van der Waals surface area contributed by atoms with E-state index in [1.165, 1.54) is 0 Å². The second-order valence-corrected chi connectivity index (χ2v) is 5.26. The van der Waals surface area contributed by atoms with Crippen molar-refractivity contribution >= 4 is 5.78 Å². The van der Waals surface area contributed by atoms with Gasteiger partial charge < -0.3 is 14.8 Å². The van der Waals surface area contributed by atoms with E-state index in [0.29, 0.717) is 6.10 Å². The van der Waals surface area contributed by atoms with Gasteiger partial charge in [0.25, 0.3) is 0 Å². The Balaban J connectivity index is 1.62. The molecule has 1 aliphatic carbocycles. The van der Waals surface area contributed by atoms with Gasteiger partial charge in [-0.1, -0.05) is 0 Å². The molecule has 1 saturated heterocycles. The summed E-state index contributed by atoms with van der Waals surface area (Å²) in [7, 11) is 1.68. The van der Waals surface area contributed by atoms with E-state index in [9.17, 15) is 4.79 Å². The number of carbonyl (C=O) groups is 1. The van der Waals surface area contributed by atoms with Crippen molar-refractivity contribution in [2.45, 2.75) is 37.5 Å². The first-order chi connectivity index (χ1) is 9.26. The molecule has 0 spiro atoms. The number of carbonyl (C=O) groups excluding carboxylic acids is 1. The summed E-state index contributed by atoms with van der Waals surface area (Å²) in [5.41, 5.74) is 0.734. The fraction of sp³-hybridized carbons (Fsp3) is 0.533. The molecule has 1 aliphatic heterocycles. The Hall–Kier alpha value is -1.39. The van der Waals surface area contributed by atoms with Gasteiger partial charge in [-0.15, -0.1) is 0 Å². The Morgan fingerprint density at radius 1 is 1.21 bits per heavy atom.